The Kier molecular flexibility index (Phi) is 5.33. The highest BCUT2D eigenvalue weighted by Gasteiger charge is 2.29. The van der Waals surface area contributed by atoms with Crippen LogP contribution < -0.4 is 16.0 Å². The van der Waals surface area contributed by atoms with Crippen molar-refractivity contribution in [3.8, 4) is 0 Å². The molecule has 0 heterocycles. The topological polar surface area (TPSA) is 70.2 Å². The molecule has 1 fully saturated rings. The number of anilines is 1. The quantitative estimate of drug-likeness (QED) is 0.715. The van der Waals surface area contributed by atoms with Crippen molar-refractivity contribution in [2.24, 2.45) is 5.92 Å². The minimum Gasteiger partial charge on any atom is -0.351 e. The fourth-order valence-electron chi connectivity index (χ4n) is 1.91. The molecule has 0 bridgehead atoms. The second kappa shape index (κ2) is 7.22. The summed E-state index contributed by atoms with van der Waals surface area (Å²) in [5.41, 5.74) is 1.76. The van der Waals surface area contributed by atoms with Gasteiger partial charge in [-0.05, 0) is 30.5 Å². The van der Waals surface area contributed by atoms with Crippen molar-refractivity contribution in [2.75, 3.05) is 11.9 Å². The highest BCUT2D eigenvalue weighted by atomic mass is 16.2. The van der Waals surface area contributed by atoms with Crippen LogP contribution in [0.2, 0.25) is 0 Å². The summed E-state index contributed by atoms with van der Waals surface area (Å²) in [4.78, 5) is 23.3. The Labute approximate surface area is 125 Å². The Morgan fingerprint density at radius 3 is 2.71 bits per heavy atom. The number of amides is 2. The molecule has 1 aromatic rings. The fourth-order valence-corrected chi connectivity index (χ4v) is 1.91. The van der Waals surface area contributed by atoms with Crippen LogP contribution in [-0.2, 0) is 16.1 Å². The Morgan fingerprint density at radius 2 is 2.05 bits per heavy atom. The fraction of sp³-hybridized carbons (Fsp3) is 0.500. The third-order valence-corrected chi connectivity index (χ3v) is 3.30. The van der Waals surface area contributed by atoms with Crippen molar-refractivity contribution in [3.05, 3.63) is 29.8 Å². The van der Waals surface area contributed by atoms with Gasteiger partial charge in [0.15, 0.2) is 0 Å². The van der Waals surface area contributed by atoms with Gasteiger partial charge in [-0.3, -0.25) is 9.59 Å². The third kappa shape index (κ3) is 5.55. The maximum absolute atomic E-state index is 11.7. The average Bonchev–Trinajstić information content (AvgIpc) is 3.28. The summed E-state index contributed by atoms with van der Waals surface area (Å²) in [5.74, 6) is 0.254. The minimum atomic E-state index is -0.0314. The van der Waals surface area contributed by atoms with Gasteiger partial charge in [0.1, 0.15) is 0 Å². The van der Waals surface area contributed by atoms with Crippen LogP contribution >= 0.6 is 0 Å². The lowest BCUT2D eigenvalue weighted by molar-refractivity contribution is -0.120. The lowest BCUT2D eigenvalue weighted by atomic mass is 10.2. The van der Waals surface area contributed by atoms with Crippen molar-refractivity contribution < 1.29 is 9.59 Å². The van der Waals surface area contributed by atoms with Crippen molar-refractivity contribution >= 4 is 17.5 Å². The first-order valence-corrected chi connectivity index (χ1v) is 7.44. The first-order valence-electron chi connectivity index (χ1n) is 7.44. The molecule has 0 unspecified atom stereocenters. The van der Waals surface area contributed by atoms with Crippen LogP contribution in [0.25, 0.3) is 0 Å². The molecule has 1 aliphatic rings. The summed E-state index contributed by atoms with van der Waals surface area (Å²) in [5, 5.41) is 8.83. The van der Waals surface area contributed by atoms with E-state index < -0.39 is 0 Å². The standard InChI is InChI=1S/C16H23N3O2/c1-11(2)17-10-15(20)18-9-12-4-3-5-14(8-12)19-16(21)13-6-7-13/h3-5,8,11,13,17H,6-7,9-10H2,1-2H3,(H,18,20)(H,19,21). The third-order valence-electron chi connectivity index (χ3n) is 3.30. The highest BCUT2D eigenvalue weighted by molar-refractivity contribution is 5.94. The second-order valence-corrected chi connectivity index (χ2v) is 5.78. The smallest absolute Gasteiger partial charge is 0.234 e. The van der Waals surface area contributed by atoms with E-state index in [0.717, 1.165) is 24.1 Å². The summed E-state index contributed by atoms with van der Waals surface area (Å²) < 4.78 is 0. The van der Waals surface area contributed by atoms with Crippen LogP contribution in [0.3, 0.4) is 0 Å². The van der Waals surface area contributed by atoms with E-state index in [2.05, 4.69) is 16.0 Å². The highest BCUT2D eigenvalue weighted by Crippen LogP contribution is 2.30. The summed E-state index contributed by atoms with van der Waals surface area (Å²) in [6, 6.07) is 7.87. The number of carbonyl (C=O) groups excluding carboxylic acids is 2. The van der Waals surface area contributed by atoms with E-state index in [1.54, 1.807) is 0 Å². The van der Waals surface area contributed by atoms with Crippen LogP contribution in [0, 0.1) is 5.92 Å². The molecule has 0 saturated heterocycles. The van der Waals surface area contributed by atoms with E-state index in [4.69, 9.17) is 0 Å². The van der Waals surface area contributed by atoms with Crippen molar-refractivity contribution in [1.29, 1.82) is 0 Å². The van der Waals surface area contributed by atoms with Crippen LogP contribution in [0.15, 0.2) is 24.3 Å². The molecule has 0 spiro atoms. The van der Waals surface area contributed by atoms with Crippen LogP contribution in [-0.4, -0.2) is 24.4 Å². The summed E-state index contributed by atoms with van der Waals surface area (Å²) in [7, 11) is 0. The largest absolute Gasteiger partial charge is 0.351 e. The average molecular weight is 289 g/mol. The van der Waals surface area contributed by atoms with Crippen molar-refractivity contribution in [3.63, 3.8) is 0 Å². The molecule has 1 saturated carbocycles. The van der Waals surface area contributed by atoms with Crippen LogP contribution in [0.4, 0.5) is 5.69 Å². The van der Waals surface area contributed by atoms with Crippen LogP contribution in [0.5, 0.6) is 0 Å². The molecule has 0 radical (unpaired) electrons. The van der Waals surface area contributed by atoms with Gasteiger partial charge in [0, 0.05) is 24.2 Å². The normalized spacial score (nSPS) is 14.0. The van der Waals surface area contributed by atoms with Gasteiger partial charge >= 0.3 is 0 Å². The van der Waals surface area contributed by atoms with Crippen LogP contribution in [0.1, 0.15) is 32.3 Å². The molecule has 0 aromatic heterocycles. The first kappa shape index (κ1) is 15.5. The SMILES string of the molecule is CC(C)NCC(=O)NCc1cccc(NC(=O)C2CC2)c1. The van der Waals surface area contributed by atoms with Gasteiger partial charge in [0.25, 0.3) is 0 Å². The van der Waals surface area contributed by atoms with E-state index >= 15 is 0 Å². The molecule has 2 rings (SSSR count). The van der Waals surface area contributed by atoms with Gasteiger partial charge in [0.05, 0.1) is 6.54 Å². The van der Waals surface area contributed by atoms with Crippen molar-refractivity contribution in [2.45, 2.75) is 39.3 Å². The molecule has 2 amide bonds. The van der Waals surface area contributed by atoms with Crippen molar-refractivity contribution in [1.82, 2.24) is 10.6 Å². The zero-order chi connectivity index (χ0) is 15.2. The number of carbonyl (C=O) groups is 2. The van der Waals surface area contributed by atoms with Gasteiger partial charge in [-0.2, -0.15) is 0 Å². The van der Waals surface area contributed by atoms with E-state index in [-0.39, 0.29) is 23.8 Å². The number of hydrogen-bond donors (Lipinski definition) is 3. The molecule has 21 heavy (non-hydrogen) atoms. The number of benzene rings is 1. The van der Waals surface area contributed by atoms with Gasteiger partial charge in [-0.1, -0.05) is 26.0 Å². The van der Waals surface area contributed by atoms with E-state index in [9.17, 15) is 9.59 Å². The molecule has 114 valence electrons. The molecule has 1 aromatic carbocycles. The predicted octanol–water partition coefficient (Wildman–Crippen LogP) is 1.65. The molecule has 0 aliphatic heterocycles. The van der Waals surface area contributed by atoms with Gasteiger partial charge < -0.3 is 16.0 Å². The number of rotatable bonds is 7. The van der Waals surface area contributed by atoms with Gasteiger partial charge in [-0.25, -0.2) is 0 Å². The number of hydrogen-bond acceptors (Lipinski definition) is 3. The van der Waals surface area contributed by atoms with Gasteiger partial charge in [-0.15, -0.1) is 0 Å². The maximum Gasteiger partial charge on any atom is 0.234 e. The monoisotopic (exact) mass is 289 g/mol. The Bertz CT molecular complexity index is 510. The molecule has 3 N–H and O–H groups in total. The van der Waals surface area contributed by atoms with E-state index in [1.165, 1.54) is 0 Å². The van der Waals surface area contributed by atoms with E-state index in [0.29, 0.717) is 13.1 Å². The lowest BCUT2D eigenvalue weighted by Crippen LogP contribution is -2.36. The van der Waals surface area contributed by atoms with Gasteiger partial charge in [0.2, 0.25) is 11.8 Å². The lowest BCUT2D eigenvalue weighted by Gasteiger charge is -2.10. The first-order chi connectivity index (χ1) is 10.0. The number of nitrogens with one attached hydrogen (secondary N) is 3. The second-order valence-electron chi connectivity index (χ2n) is 5.78. The zero-order valence-electron chi connectivity index (χ0n) is 12.6. The molecule has 0 atom stereocenters. The summed E-state index contributed by atoms with van der Waals surface area (Å²) >= 11 is 0. The maximum atomic E-state index is 11.7. The Hall–Kier alpha value is -1.88. The van der Waals surface area contributed by atoms with E-state index in [1.807, 2.05) is 38.1 Å². The summed E-state index contributed by atoms with van der Waals surface area (Å²) in [6.07, 6.45) is 1.98. The molecular formula is C16H23N3O2. The Balaban J connectivity index is 1.80. The molecule has 5 heteroatoms. The molecular weight excluding hydrogens is 266 g/mol. The Morgan fingerprint density at radius 1 is 1.29 bits per heavy atom. The predicted molar refractivity (Wildman–Crippen MR) is 82.8 cm³/mol. The zero-order valence-corrected chi connectivity index (χ0v) is 12.6. The summed E-state index contributed by atoms with van der Waals surface area (Å²) in [6.45, 7) is 4.78. The molecule has 5 nitrogen and oxygen atoms in total. The minimum absolute atomic E-state index is 0.0314. The molecule has 1 aliphatic carbocycles.